The van der Waals surface area contributed by atoms with Crippen molar-refractivity contribution in [2.75, 3.05) is 13.2 Å². The standard InChI is InChI=1S/C15H24FNO/c1-12(9-17-15(2,3)4)10-18-11-13-7-5-6-8-14(13)16/h5-8,12,17H,9-11H2,1-4H3. The van der Waals surface area contributed by atoms with Gasteiger partial charge in [0, 0.05) is 17.6 Å². The van der Waals surface area contributed by atoms with Crippen LogP contribution >= 0.6 is 0 Å². The first kappa shape index (κ1) is 15.1. The molecule has 0 spiro atoms. The normalized spacial score (nSPS) is 13.6. The van der Waals surface area contributed by atoms with E-state index in [1.807, 2.05) is 6.07 Å². The maximum atomic E-state index is 13.3. The van der Waals surface area contributed by atoms with Crippen molar-refractivity contribution in [2.45, 2.75) is 39.8 Å². The molecule has 0 heterocycles. The molecule has 1 rings (SSSR count). The molecule has 0 amide bonds. The molecule has 102 valence electrons. The highest BCUT2D eigenvalue weighted by Gasteiger charge is 2.11. The molecule has 0 saturated heterocycles. The first-order valence-electron chi connectivity index (χ1n) is 6.44. The Morgan fingerprint density at radius 2 is 1.94 bits per heavy atom. The SMILES string of the molecule is CC(CNC(C)(C)C)COCc1ccccc1F. The summed E-state index contributed by atoms with van der Waals surface area (Å²) in [6.45, 7) is 10.4. The molecule has 0 aliphatic rings. The molecule has 0 saturated carbocycles. The topological polar surface area (TPSA) is 21.3 Å². The van der Waals surface area contributed by atoms with Crippen LogP contribution in [-0.4, -0.2) is 18.7 Å². The fourth-order valence-electron chi connectivity index (χ4n) is 1.52. The van der Waals surface area contributed by atoms with Crippen molar-refractivity contribution in [1.82, 2.24) is 5.32 Å². The summed E-state index contributed by atoms with van der Waals surface area (Å²) in [5.74, 6) is 0.217. The van der Waals surface area contributed by atoms with Gasteiger partial charge in [0.25, 0.3) is 0 Å². The highest BCUT2D eigenvalue weighted by Crippen LogP contribution is 2.09. The summed E-state index contributed by atoms with van der Waals surface area (Å²) in [6, 6.07) is 6.73. The van der Waals surface area contributed by atoms with E-state index in [2.05, 4.69) is 33.0 Å². The van der Waals surface area contributed by atoms with Gasteiger partial charge in [-0.1, -0.05) is 25.1 Å². The summed E-state index contributed by atoms with van der Waals surface area (Å²) in [4.78, 5) is 0. The molecular formula is C15H24FNO. The van der Waals surface area contributed by atoms with Gasteiger partial charge in [0.1, 0.15) is 5.82 Å². The molecule has 0 radical (unpaired) electrons. The zero-order valence-electron chi connectivity index (χ0n) is 11.8. The smallest absolute Gasteiger partial charge is 0.128 e. The summed E-state index contributed by atoms with van der Waals surface area (Å²) in [6.07, 6.45) is 0. The summed E-state index contributed by atoms with van der Waals surface area (Å²) >= 11 is 0. The molecule has 1 N–H and O–H groups in total. The van der Waals surface area contributed by atoms with Gasteiger partial charge < -0.3 is 10.1 Å². The van der Waals surface area contributed by atoms with Gasteiger partial charge in [-0.25, -0.2) is 4.39 Å². The van der Waals surface area contributed by atoms with E-state index in [1.165, 1.54) is 6.07 Å². The molecule has 3 heteroatoms. The van der Waals surface area contributed by atoms with Crippen LogP contribution in [0.2, 0.25) is 0 Å². The first-order valence-corrected chi connectivity index (χ1v) is 6.44. The van der Waals surface area contributed by atoms with E-state index in [-0.39, 0.29) is 11.4 Å². The number of nitrogens with one attached hydrogen (secondary N) is 1. The van der Waals surface area contributed by atoms with Crippen LogP contribution in [0.5, 0.6) is 0 Å². The molecule has 0 aromatic heterocycles. The van der Waals surface area contributed by atoms with Gasteiger partial charge in [-0.3, -0.25) is 0 Å². The van der Waals surface area contributed by atoms with Crippen molar-refractivity contribution in [1.29, 1.82) is 0 Å². The molecule has 2 nitrogen and oxygen atoms in total. The Morgan fingerprint density at radius 1 is 1.28 bits per heavy atom. The van der Waals surface area contributed by atoms with Crippen LogP contribution in [0.4, 0.5) is 4.39 Å². The van der Waals surface area contributed by atoms with Gasteiger partial charge in [-0.2, -0.15) is 0 Å². The van der Waals surface area contributed by atoms with Gasteiger partial charge in [0.05, 0.1) is 13.2 Å². The van der Waals surface area contributed by atoms with Gasteiger partial charge in [0.15, 0.2) is 0 Å². The molecular weight excluding hydrogens is 229 g/mol. The van der Waals surface area contributed by atoms with Crippen LogP contribution in [-0.2, 0) is 11.3 Å². The van der Waals surface area contributed by atoms with E-state index in [0.717, 1.165) is 6.54 Å². The van der Waals surface area contributed by atoms with E-state index in [4.69, 9.17) is 4.74 Å². The summed E-state index contributed by atoms with van der Waals surface area (Å²) in [5.41, 5.74) is 0.744. The lowest BCUT2D eigenvalue weighted by Gasteiger charge is -2.23. The Balaban J connectivity index is 2.24. The van der Waals surface area contributed by atoms with E-state index >= 15 is 0 Å². The molecule has 0 aliphatic carbocycles. The minimum absolute atomic E-state index is 0.125. The third-order valence-electron chi connectivity index (χ3n) is 2.60. The zero-order valence-corrected chi connectivity index (χ0v) is 11.8. The highest BCUT2D eigenvalue weighted by molar-refractivity contribution is 5.16. The van der Waals surface area contributed by atoms with Crippen molar-refractivity contribution in [3.05, 3.63) is 35.6 Å². The van der Waals surface area contributed by atoms with Crippen LogP contribution in [0, 0.1) is 11.7 Å². The maximum absolute atomic E-state index is 13.3. The molecule has 1 atom stereocenters. The van der Waals surface area contributed by atoms with Crippen LogP contribution in [0.25, 0.3) is 0 Å². The van der Waals surface area contributed by atoms with Crippen LogP contribution in [0.3, 0.4) is 0 Å². The van der Waals surface area contributed by atoms with E-state index in [9.17, 15) is 4.39 Å². The summed E-state index contributed by atoms with van der Waals surface area (Å²) < 4.78 is 18.9. The molecule has 1 aromatic carbocycles. The molecule has 18 heavy (non-hydrogen) atoms. The summed E-state index contributed by atoms with van der Waals surface area (Å²) in [7, 11) is 0. The third-order valence-corrected chi connectivity index (χ3v) is 2.60. The molecule has 0 fully saturated rings. The monoisotopic (exact) mass is 253 g/mol. The Kier molecular flexibility index (Phi) is 5.76. The van der Waals surface area contributed by atoms with Crippen LogP contribution in [0.1, 0.15) is 33.3 Å². The van der Waals surface area contributed by atoms with Gasteiger partial charge in [-0.05, 0) is 32.8 Å². The lowest BCUT2D eigenvalue weighted by atomic mass is 10.1. The maximum Gasteiger partial charge on any atom is 0.128 e. The lowest BCUT2D eigenvalue weighted by Crippen LogP contribution is -2.39. The predicted molar refractivity (Wildman–Crippen MR) is 73.0 cm³/mol. The average molecular weight is 253 g/mol. The van der Waals surface area contributed by atoms with E-state index < -0.39 is 0 Å². The van der Waals surface area contributed by atoms with E-state index in [0.29, 0.717) is 24.7 Å². The molecule has 1 unspecified atom stereocenters. The highest BCUT2D eigenvalue weighted by atomic mass is 19.1. The summed E-state index contributed by atoms with van der Waals surface area (Å²) in [5, 5.41) is 3.43. The molecule has 0 bridgehead atoms. The second kappa shape index (κ2) is 6.86. The van der Waals surface area contributed by atoms with Crippen molar-refractivity contribution >= 4 is 0 Å². The van der Waals surface area contributed by atoms with E-state index in [1.54, 1.807) is 12.1 Å². The lowest BCUT2D eigenvalue weighted by molar-refractivity contribution is 0.0879. The average Bonchev–Trinajstić information content (AvgIpc) is 2.28. The number of ether oxygens (including phenoxy) is 1. The largest absolute Gasteiger partial charge is 0.376 e. The second-order valence-electron chi connectivity index (χ2n) is 5.84. The van der Waals surface area contributed by atoms with Crippen molar-refractivity contribution in [2.24, 2.45) is 5.92 Å². The van der Waals surface area contributed by atoms with Crippen molar-refractivity contribution in [3.8, 4) is 0 Å². The van der Waals surface area contributed by atoms with Gasteiger partial charge >= 0.3 is 0 Å². The first-order chi connectivity index (χ1) is 8.38. The molecule has 1 aromatic rings. The third kappa shape index (κ3) is 6.12. The number of benzene rings is 1. The Bertz CT molecular complexity index is 360. The Hall–Kier alpha value is -0.930. The van der Waals surface area contributed by atoms with Gasteiger partial charge in [-0.15, -0.1) is 0 Å². The number of halogens is 1. The zero-order chi connectivity index (χ0) is 13.6. The van der Waals surface area contributed by atoms with Crippen LogP contribution in [0.15, 0.2) is 24.3 Å². The number of hydrogen-bond donors (Lipinski definition) is 1. The second-order valence-corrected chi connectivity index (χ2v) is 5.84. The fourth-order valence-corrected chi connectivity index (χ4v) is 1.52. The van der Waals surface area contributed by atoms with Crippen molar-refractivity contribution < 1.29 is 9.13 Å². The Labute approximate surface area is 110 Å². The predicted octanol–water partition coefficient (Wildman–Crippen LogP) is 3.37. The van der Waals surface area contributed by atoms with Gasteiger partial charge in [0.2, 0.25) is 0 Å². The fraction of sp³-hybridized carbons (Fsp3) is 0.600. The molecule has 0 aliphatic heterocycles. The Morgan fingerprint density at radius 3 is 2.56 bits per heavy atom. The number of rotatable bonds is 6. The quantitative estimate of drug-likeness (QED) is 0.839. The minimum Gasteiger partial charge on any atom is -0.376 e. The number of hydrogen-bond acceptors (Lipinski definition) is 2. The minimum atomic E-state index is -0.196. The van der Waals surface area contributed by atoms with Crippen LogP contribution < -0.4 is 5.32 Å². The van der Waals surface area contributed by atoms with Crippen molar-refractivity contribution in [3.63, 3.8) is 0 Å².